The number of rotatable bonds is 3. The van der Waals surface area contributed by atoms with Crippen LogP contribution in [0.4, 0.5) is 0 Å². The Bertz CT molecular complexity index is 517. The lowest BCUT2D eigenvalue weighted by Crippen LogP contribution is -2.32. The van der Waals surface area contributed by atoms with E-state index >= 15 is 0 Å². The number of fused-ring (bicyclic) bond motifs is 1. The van der Waals surface area contributed by atoms with Crippen LogP contribution in [0.25, 0.3) is 10.8 Å². The molecule has 16 heavy (non-hydrogen) atoms. The molecule has 2 rings (SSSR count). The Morgan fingerprint density at radius 2 is 2.19 bits per heavy atom. The summed E-state index contributed by atoms with van der Waals surface area (Å²) < 4.78 is 0. The molecule has 1 atom stereocenters. The first-order valence-electron chi connectivity index (χ1n) is 4.97. The maximum Gasteiger partial charge on any atom is 0.320 e. The van der Waals surface area contributed by atoms with Gasteiger partial charge in [-0.15, -0.1) is 0 Å². The third-order valence-electron chi connectivity index (χ3n) is 2.48. The molecule has 0 heterocycles. The van der Waals surface area contributed by atoms with Gasteiger partial charge >= 0.3 is 5.97 Å². The summed E-state index contributed by atoms with van der Waals surface area (Å²) in [6.45, 7) is 0. The zero-order valence-electron chi connectivity index (χ0n) is 8.60. The first kappa shape index (κ1) is 10.5. The molecule has 0 aromatic heterocycles. The van der Waals surface area contributed by atoms with Crippen molar-refractivity contribution in [2.75, 3.05) is 0 Å². The van der Waals surface area contributed by atoms with Crippen molar-refractivity contribution in [2.24, 2.45) is 5.73 Å². The summed E-state index contributed by atoms with van der Waals surface area (Å²) in [4.78, 5) is 10.7. The van der Waals surface area contributed by atoms with E-state index in [-0.39, 0.29) is 0 Å². The smallest absolute Gasteiger partial charge is 0.320 e. The van der Waals surface area contributed by atoms with Crippen molar-refractivity contribution in [3.8, 4) is 0 Å². The topological polar surface area (TPSA) is 63.3 Å². The normalized spacial score (nSPS) is 12.1. The molecule has 0 saturated carbocycles. The second kappa shape index (κ2) is 4.21. The van der Waals surface area contributed by atoms with Crippen LogP contribution in [0.3, 0.4) is 0 Å². The van der Waals surface area contributed by atoms with Gasteiger partial charge in [0.25, 0.3) is 0 Å². The van der Waals surface area contributed by atoms with Crippen molar-refractivity contribution in [3.63, 3.8) is 0 Å². The molecule has 0 unspecified atom stereocenters. The summed E-state index contributed by atoms with van der Waals surface area (Å²) >= 11 is 0. The Morgan fingerprint density at radius 1 is 1.44 bits per heavy atom. The zero-order chi connectivity index (χ0) is 11.5. The molecule has 0 aliphatic heterocycles. The number of benzene rings is 1. The SMILES string of the molecule is N[C@H](Cc1cc#cc2ccccc12)C(=O)O. The van der Waals surface area contributed by atoms with Crippen LogP contribution in [0.5, 0.6) is 0 Å². The van der Waals surface area contributed by atoms with Crippen LogP contribution in [-0.2, 0) is 11.2 Å². The van der Waals surface area contributed by atoms with E-state index in [0.717, 1.165) is 16.3 Å². The maximum absolute atomic E-state index is 10.7. The lowest BCUT2D eigenvalue weighted by molar-refractivity contribution is -0.138. The zero-order valence-corrected chi connectivity index (χ0v) is 8.60. The molecule has 3 nitrogen and oxygen atoms in total. The Kier molecular flexibility index (Phi) is 2.76. The predicted molar refractivity (Wildman–Crippen MR) is 60.9 cm³/mol. The molecule has 0 aliphatic carbocycles. The molecular formula is C13H11NO2. The fourth-order valence-corrected chi connectivity index (χ4v) is 1.64. The Balaban J connectivity index is 2.41. The summed E-state index contributed by atoms with van der Waals surface area (Å²) in [7, 11) is 0. The van der Waals surface area contributed by atoms with Crippen LogP contribution in [0.2, 0.25) is 0 Å². The Labute approximate surface area is 93.5 Å². The highest BCUT2D eigenvalue weighted by molar-refractivity contribution is 5.85. The molecule has 0 spiro atoms. The van der Waals surface area contributed by atoms with Gasteiger partial charge in [0.15, 0.2) is 0 Å². The molecule has 80 valence electrons. The highest BCUT2D eigenvalue weighted by Crippen LogP contribution is 2.16. The van der Waals surface area contributed by atoms with Crippen molar-refractivity contribution < 1.29 is 9.90 Å². The summed E-state index contributed by atoms with van der Waals surface area (Å²) in [5.41, 5.74) is 6.41. The van der Waals surface area contributed by atoms with Gasteiger partial charge in [0.2, 0.25) is 0 Å². The Morgan fingerprint density at radius 3 is 2.94 bits per heavy atom. The maximum atomic E-state index is 10.7. The average Bonchev–Trinajstić information content (AvgIpc) is 2.29. The fraction of sp³-hybridized carbons (Fsp3) is 0.154. The van der Waals surface area contributed by atoms with E-state index in [9.17, 15) is 4.79 Å². The van der Waals surface area contributed by atoms with Gasteiger partial charge in [-0.3, -0.25) is 4.79 Å². The first-order chi connectivity index (χ1) is 7.68. The van der Waals surface area contributed by atoms with Crippen LogP contribution in [0.15, 0.2) is 30.3 Å². The minimum absolute atomic E-state index is 0.307. The van der Waals surface area contributed by atoms with Crippen molar-refractivity contribution >= 4 is 16.7 Å². The third-order valence-corrected chi connectivity index (χ3v) is 2.48. The van der Waals surface area contributed by atoms with Gasteiger partial charge in [0, 0.05) is 5.39 Å². The number of hydrogen-bond acceptors (Lipinski definition) is 2. The number of carboxylic acid groups (broad SMARTS) is 1. The van der Waals surface area contributed by atoms with Gasteiger partial charge in [-0.05, 0) is 29.5 Å². The van der Waals surface area contributed by atoms with E-state index in [1.54, 1.807) is 6.07 Å². The number of carboxylic acids is 1. The molecule has 0 radical (unpaired) electrons. The van der Waals surface area contributed by atoms with Gasteiger partial charge < -0.3 is 10.8 Å². The first-order valence-corrected chi connectivity index (χ1v) is 4.97. The largest absolute Gasteiger partial charge is 0.480 e. The van der Waals surface area contributed by atoms with E-state index < -0.39 is 12.0 Å². The van der Waals surface area contributed by atoms with Crippen molar-refractivity contribution in [3.05, 3.63) is 48.0 Å². The van der Waals surface area contributed by atoms with E-state index in [1.165, 1.54) is 0 Å². The minimum Gasteiger partial charge on any atom is -0.480 e. The summed E-state index contributed by atoms with van der Waals surface area (Å²) in [5.74, 6) is -0.989. The molecule has 3 N–H and O–H groups in total. The van der Waals surface area contributed by atoms with Crippen LogP contribution >= 0.6 is 0 Å². The van der Waals surface area contributed by atoms with Gasteiger partial charge in [0.05, 0.1) is 0 Å². The summed E-state index contributed by atoms with van der Waals surface area (Å²) in [5, 5.41) is 10.7. The number of carbonyl (C=O) groups is 1. The van der Waals surface area contributed by atoms with Crippen LogP contribution in [-0.4, -0.2) is 17.1 Å². The molecule has 0 amide bonds. The van der Waals surface area contributed by atoms with Crippen molar-refractivity contribution in [2.45, 2.75) is 12.5 Å². The molecule has 0 bridgehead atoms. The number of nitrogens with two attached hydrogens (primary N) is 1. The summed E-state index contributed by atoms with van der Waals surface area (Å²) in [6.07, 6.45) is 0.307. The fourth-order valence-electron chi connectivity index (χ4n) is 1.64. The lowest BCUT2D eigenvalue weighted by atomic mass is 10.0. The minimum atomic E-state index is -0.989. The highest BCUT2D eigenvalue weighted by atomic mass is 16.4. The van der Waals surface area contributed by atoms with E-state index in [2.05, 4.69) is 12.1 Å². The monoisotopic (exact) mass is 213 g/mol. The number of aliphatic carboxylic acids is 1. The highest BCUT2D eigenvalue weighted by Gasteiger charge is 2.13. The Hall–Kier alpha value is -2.05. The van der Waals surface area contributed by atoms with Gasteiger partial charge in [-0.2, -0.15) is 0 Å². The average molecular weight is 213 g/mol. The lowest BCUT2D eigenvalue weighted by Gasteiger charge is -2.07. The van der Waals surface area contributed by atoms with Crippen molar-refractivity contribution in [1.29, 1.82) is 0 Å². The third kappa shape index (κ3) is 1.97. The second-order valence-corrected chi connectivity index (χ2v) is 3.63. The van der Waals surface area contributed by atoms with Gasteiger partial charge in [0.1, 0.15) is 6.04 Å². The molecule has 0 fully saturated rings. The predicted octanol–water partition coefficient (Wildman–Crippen LogP) is 1.39. The van der Waals surface area contributed by atoms with Crippen LogP contribution in [0, 0.1) is 12.1 Å². The van der Waals surface area contributed by atoms with Gasteiger partial charge in [-0.1, -0.05) is 30.3 Å². The van der Waals surface area contributed by atoms with Crippen LogP contribution in [0.1, 0.15) is 5.56 Å². The van der Waals surface area contributed by atoms with E-state index in [1.807, 2.05) is 24.3 Å². The standard InChI is InChI=1S/C13H11NO2/c14-12(13(15)16)8-10-6-3-5-9-4-1-2-7-11(9)10/h1-2,4,6-7,12H,8,14H2,(H,15,16)/t12-/m1/s1. The molecular weight excluding hydrogens is 202 g/mol. The molecule has 0 saturated heterocycles. The van der Waals surface area contributed by atoms with Crippen molar-refractivity contribution in [1.82, 2.24) is 0 Å². The molecule has 2 aromatic carbocycles. The van der Waals surface area contributed by atoms with E-state index in [4.69, 9.17) is 10.8 Å². The van der Waals surface area contributed by atoms with Crippen LogP contribution < -0.4 is 5.73 Å². The molecule has 0 aliphatic rings. The van der Waals surface area contributed by atoms with Gasteiger partial charge in [-0.25, -0.2) is 0 Å². The second-order valence-electron chi connectivity index (χ2n) is 3.63. The quantitative estimate of drug-likeness (QED) is 0.809. The number of hydrogen-bond donors (Lipinski definition) is 2. The molecule has 2 aromatic rings. The van der Waals surface area contributed by atoms with E-state index in [0.29, 0.717) is 6.42 Å². The summed E-state index contributed by atoms with van der Waals surface area (Å²) in [6, 6.07) is 14.4. The molecule has 3 heteroatoms.